The van der Waals surface area contributed by atoms with Crippen LogP contribution >= 0.6 is 11.8 Å². The van der Waals surface area contributed by atoms with Crippen molar-refractivity contribution >= 4 is 29.5 Å². The van der Waals surface area contributed by atoms with E-state index in [0.717, 1.165) is 24.2 Å². The largest absolute Gasteiger partial charge is 0.368 e. The molecule has 1 atom stereocenters. The van der Waals surface area contributed by atoms with E-state index in [-0.39, 0.29) is 6.04 Å². The molecule has 110 valence electrons. The molecule has 0 fully saturated rings. The summed E-state index contributed by atoms with van der Waals surface area (Å²) in [5, 5.41) is 7.96. The van der Waals surface area contributed by atoms with Crippen molar-refractivity contribution in [2.75, 3.05) is 5.32 Å². The van der Waals surface area contributed by atoms with Crippen LogP contribution < -0.4 is 5.32 Å². The average Bonchev–Trinajstić information content (AvgIpc) is 3.03. The Balaban J connectivity index is 2.10. The van der Waals surface area contributed by atoms with Gasteiger partial charge in [-0.2, -0.15) is 9.61 Å². The van der Waals surface area contributed by atoms with E-state index in [0.29, 0.717) is 16.5 Å². The molecule has 3 rings (SSSR count). The number of hydrogen-bond acceptors (Lipinski definition) is 5. The summed E-state index contributed by atoms with van der Waals surface area (Å²) in [4.78, 5) is 17.2. The molecule has 0 aliphatic carbocycles. The number of anilines is 1. The maximum absolute atomic E-state index is 11.2. The molecule has 21 heavy (non-hydrogen) atoms. The van der Waals surface area contributed by atoms with E-state index < -0.39 is 0 Å². The topological polar surface area (TPSA) is 59.3 Å². The molecule has 5 nitrogen and oxygen atoms in total. The van der Waals surface area contributed by atoms with E-state index in [1.807, 2.05) is 17.8 Å². The molecule has 0 saturated heterocycles. The van der Waals surface area contributed by atoms with Crippen LogP contribution in [0, 0.1) is 0 Å². The van der Waals surface area contributed by atoms with Crippen molar-refractivity contribution in [3.63, 3.8) is 0 Å². The second-order valence-electron chi connectivity index (χ2n) is 5.48. The highest BCUT2D eigenvalue weighted by molar-refractivity contribution is 8.03. The fourth-order valence-corrected chi connectivity index (χ4v) is 3.50. The molecule has 1 aliphatic heterocycles. The highest BCUT2D eigenvalue weighted by Crippen LogP contribution is 2.43. The minimum absolute atomic E-state index is 0.281. The van der Waals surface area contributed by atoms with Crippen LogP contribution in [0.15, 0.2) is 23.2 Å². The monoisotopic (exact) mass is 302 g/mol. The number of nitrogens with zero attached hydrogens (tertiary/aromatic N) is 3. The summed E-state index contributed by atoms with van der Waals surface area (Å²) in [7, 11) is 0. The number of carbonyl (C=O) groups excluding carboxylic acids is 1. The molecule has 1 N–H and O–H groups in total. The van der Waals surface area contributed by atoms with Crippen molar-refractivity contribution in [2.24, 2.45) is 0 Å². The fraction of sp³-hybridized carbons (Fsp3) is 0.400. The molecule has 0 saturated carbocycles. The molecule has 3 heterocycles. The van der Waals surface area contributed by atoms with Gasteiger partial charge in [-0.05, 0) is 32.1 Å². The first-order valence-electron chi connectivity index (χ1n) is 7.02. The number of rotatable bonds is 4. The number of aromatic nitrogens is 3. The molecule has 0 spiro atoms. The SMILES string of the molecule is CC1=CCC(c2cc(NC(C)C)n3ncc(C=O)c3n2)S1. The van der Waals surface area contributed by atoms with Gasteiger partial charge in [-0.25, -0.2) is 4.98 Å². The van der Waals surface area contributed by atoms with Crippen molar-refractivity contribution in [2.45, 2.75) is 38.5 Å². The molecule has 0 radical (unpaired) electrons. The predicted octanol–water partition coefficient (Wildman–Crippen LogP) is 3.44. The number of fused-ring (bicyclic) bond motifs is 1. The van der Waals surface area contributed by atoms with E-state index in [9.17, 15) is 4.79 Å². The van der Waals surface area contributed by atoms with Gasteiger partial charge in [-0.15, -0.1) is 11.8 Å². The summed E-state index contributed by atoms with van der Waals surface area (Å²) in [6.07, 6.45) is 5.58. The van der Waals surface area contributed by atoms with E-state index in [1.165, 1.54) is 4.91 Å². The second kappa shape index (κ2) is 5.52. The van der Waals surface area contributed by atoms with Gasteiger partial charge in [0.1, 0.15) is 5.82 Å². The minimum atomic E-state index is 0.281. The molecule has 0 bridgehead atoms. The van der Waals surface area contributed by atoms with Crippen molar-refractivity contribution in [3.8, 4) is 0 Å². The van der Waals surface area contributed by atoms with Crippen LogP contribution in [-0.2, 0) is 0 Å². The Bertz CT molecular complexity index is 720. The van der Waals surface area contributed by atoms with Crippen LogP contribution in [-0.4, -0.2) is 26.9 Å². The van der Waals surface area contributed by atoms with Crippen LogP contribution in [0.25, 0.3) is 5.65 Å². The van der Waals surface area contributed by atoms with Crippen molar-refractivity contribution in [3.05, 3.63) is 34.5 Å². The third-order valence-corrected chi connectivity index (χ3v) is 4.62. The zero-order chi connectivity index (χ0) is 15.0. The first kappa shape index (κ1) is 14.1. The quantitative estimate of drug-likeness (QED) is 0.877. The highest BCUT2D eigenvalue weighted by atomic mass is 32.2. The van der Waals surface area contributed by atoms with Gasteiger partial charge in [0.05, 0.1) is 22.7 Å². The molecule has 6 heteroatoms. The second-order valence-corrected chi connectivity index (χ2v) is 6.92. The van der Waals surface area contributed by atoms with Crippen molar-refractivity contribution in [1.29, 1.82) is 0 Å². The van der Waals surface area contributed by atoms with Gasteiger partial charge < -0.3 is 5.32 Å². The molecule has 0 amide bonds. The van der Waals surface area contributed by atoms with Gasteiger partial charge in [0.25, 0.3) is 0 Å². The molecular formula is C15H18N4OS. The van der Waals surface area contributed by atoms with Gasteiger partial charge in [0, 0.05) is 12.1 Å². The summed E-state index contributed by atoms with van der Waals surface area (Å²) in [5.74, 6) is 0.878. The van der Waals surface area contributed by atoms with Crippen LogP contribution in [0.5, 0.6) is 0 Å². The van der Waals surface area contributed by atoms with Crippen LogP contribution in [0.3, 0.4) is 0 Å². The lowest BCUT2D eigenvalue weighted by Crippen LogP contribution is -2.15. The van der Waals surface area contributed by atoms with Crippen LogP contribution in [0.1, 0.15) is 48.5 Å². The Labute approximate surface area is 127 Å². The van der Waals surface area contributed by atoms with E-state index in [1.54, 1.807) is 10.7 Å². The number of carbonyl (C=O) groups is 1. The highest BCUT2D eigenvalue weighted by Gasteiger charge is 2.21. The number of hydrogen-bond donors (Lipinski definition) is 1. The van der Waals surface area contributed by atoms with Crippen molar-refractivity contribution < 1.29 is 4.79 Å². The van der Waals surface area contributed by atoms with Gasteiger partial charge in [0.15, 0.2) is 11.9 Å². The maximum atomic E-state index is 11.2. The summed E-state index contributed by atoms with van der Waals surface area (Å²) in [5.41, 5.74) is 2.14. The lowest BCUT2D eigenvalue weighted by molar-refractivity contribution is 0.112. The Morgan fingerprint density at radius 2 is 2.33 bits per heavy atom. The molecular weight excluding hydrogens is 284 g/mol. The van der Waals surface area contributed by atoms with E-state index in [4.69, 9.17) is 0 Å². The Kier molecular flexibility index (Phi) is 3.71. The molecule has 2 aromatic heterocycles. The summed E-state index contributed by atoms with van der Waals surface area (Å²) in [6, 6.07) is 2.32. The van der Waals surface area contributed by atoms with E-state index >= 15 is 0 Å². The summed E-state index contributed by atoms with van der Waals surface area (Å²) >= 11 is 1.82. The molecule has 1 unspecified atom stereocenters. The Morgan fingerprint density at radius 3 is 2.95 bits per heavy atom. The Hall–Kier alpha value is -1.82. The predicted molar refractivity (Wildman–Crippen MR) is 85.8 cm³/mol. The first-order chi connectivity index (χ1) is 10.1. The molecule has 0 aromatic carbocycles. The number of aldehydes is 1. The van der Waals surface area contributed by atoms with Gasteiger partial charge in [0.2, 0.25) is 0 Å². The smallest absolute Gasteiger partial charge is 0.168 e. The number of nitrogens with one attached hydrogen (secondary N) is 1. The van der Waals surface area contributed by atoms with Gasteiger partial charge in [-0.1, -0.05) is 6.08 Å². The standard InChI is InChI=1S/C15H18N4OS/c1-9(2)17-14-6-12(13-5-4-10(3)21-13)18-15-11(8-20)7-16-19(14)15/h4,6-9,13,17H,5H2,1-3H3. The lowest BCUT2D eigenvalue weighted by atomic mass is 10.2. The lowest BCUT2D eigenvalue weighted by Gasteiger charge is -2.15. The summed E-state index contributed by atoms with van der Waals surface area (Å²) in [6.45, 7) is 6.27. The van der Waals surface area contributed by atoms with Gasteiger partial charge >= 0.3 is 0 Å². The average molecular weight is 302 g/mol. The summed E-state index contributed by atoms with van der Waals surface area (Å²) < 4.78 is 1.70. The van der Waals surface area contributed by atoms with Gasteiger partial charge in [-0.3, -0.25) is 4.79 Å². The van der Waals surface area contributed by atoms with Crippen molar-refractivity contribution in [1.82, 2.24) is 14.6 Å². The van der Waals surface area contributed by atoms with Crippen LogP contribution in [0.4, 0.5) is 5.82 Å². The molecule has 1 aliphatic rings. The zero-order valence-electron chi connectivity index (χ0n) is 12.3. The Morgan fingerprint density at radius 1 is 1.52 bits per heavy atom. The third kappa shape index (κ3) is 2.68. The maximum Gasteiger partial charge on any atom is 0.168 e. The number of thioether (sulfide) groups is 1. The zero-order valence-corrected chi connectivity index (χ0v) is 13.1. The first-order valence-corrected chi connectivity index (χ1v) is 7.90. The third-order valence-electron chi connectivity index (χ3n) is 3.36. The van der Waals surface area contributed by atoms with Crippen LogP contribution in [0.2, 0.25) is 0 Å². The van der Waals surface area contributed by atoms with E-state index in [2.05, 4.69) is 42.2 Å². The molecule has 2 aromatic rings. The fourth-order valence-electron chi connectivity index (χ4n) is 2.42. The number of allylic oxidation sites excluding steroid dienone is 2. The minimum Gasteiger partial charge on any atom is -0.368 e. The normalized spacial score (nSPS) is 18.3.